The summed E-state index contributed by atoms with van der Waals surface area (Å²) in [6.07, 6.45) is 1.55. The summed E-state index contributed by atoms with van der Waals surface area (Å²) >= 11 is 7.04. The molecule has 0 radical (unpaired) electrons. The molecule has 2 heterocycles. The van der Waals surface area contributed by atoms with Crippen molar-refractivity contribution in [3.05, 3.63) is 29.4 Å². The van der Waals surface area contributed by atoms with Crippen molar-refractivity contribution in [3.63, 3.8) is 0 Å². The van der Waals surface area contributed by atoms with Crippen LogP contribution >= 0.6 is 23.4 Å². The van der Waals surface area contributed by atoms with Crippen molar-refractivity contribution in [1.82, 2.24) is 14.5 Å². The maximum Gasteiger partial charge on any atom is 0.313 e. The number of aromatic nitrogens is 3. The Kier molecular flexibility index (Phi) is 4.11. The molecule has 0 fully saturated rings. The first kappa shape index (κ1) is 13.9. The SMILES string of the molecule is C=C(C)Cn1c(SCC(=O)O)nc2cc(Cl)cnc21. The molecule has 0 atom stereocenters. The molecule has 7 heteroatoms. The summed E-state index contributed by atoms with van der Waals surface area (Å²) < 4.78 is 1.85. The van der Waals surface area contributed by atoms with Crippen molar-refractivity contribution >= 4 is 40.5 Å². The van der Waals surface area contributed by atoms with E-state index in [1.807, 2.05) is 11.5 Å². The fraction of sp³-hybridized carbons (Fsp3) is 0.250. The maximum atomic E-state index is 10.7. The number of fused-ring (bicyclic) bond motifs is 1. The Hall–Kier alpha value is -1.53. The number of carbonyl (C=O) groups is 1. The second-order valence-electron chi connectivity index (χ2n) is 4.12. The number of hydrogen-bond donors (Lipinski definition) is 1. The average Bonchev–Trinajstić information content (AvgIpc) is 2.63. The predicted molar refractivity (Wildman–Crippen MR) is 75.7 cm³/mol. The standard InChI is InChI=1S/C12H12ClN3O2S/c1-7(2)5-16-11-9(3-8(13)4-14-11)15-12(16)19-6-10(17)18/h3-4H,1,5-6H2,2H3,(H,17,18). The topological polar surface area (TPSA) is 68.0 Å². The first-order valence-corrected chi connectivity index (χ1v) is 6.84. The van der Waals surface area contributed by atoms with E-state index in [4.69, 9.17) is 16.7 Å². The lowest BCUT2D eigenvalue weighted by Crippen LogP contribution is -2.04. The molecule has 0 spiro atoms. The molecule has 1 N–H and O–H groups in total. The third-order valence-corrected chi connectivity index (χ3v) is 3.44. The highest BCUT2D eigenvalue weighted by atomic mass is 35.5. The number of carboxylic acids is 1. The number of aliphatic carboxylic acids is 1. The van der Waals surface area contributed by atoms with E-state index in [9.17, 15) is 4.79 Å². The molecule has 2 aromatic rings. The molecule has 5 nitrogen and oxygen atoms in total. The van der Waals surface area contributed by atoms with E-state index in [0.29, 0.717) is 27.9 Å². The molecular weight excluding hydrogens is 286 g/mol. The van der Waals surface area contributed by atoms with Crippen LogP contribution in [0.15, 0.2) is 29.6 Å². The van der Waals surface area contributed by atoms with Crippen LogP contribution in [0.4, 0.5) is 0 Å². The predicted octanol–water partition coefficient (Wildman–Crippen LogP) is 2.84. The fourth-order valence-electron chi connectivity index (χ4n) is 1.61. The zero-order valence-electron chi connectivity index (χ0n) is 10.3. The Morgan fingerprint density at radius 2 is 2.37 bits per heavy atom. The van der Waals surface area contributed by atoms with Gasteiger partial charge in [-0.15, -0.1) is 0 Å². The highest BCUT2D eigenvalue weighted by Crippen LogP contribution is 2.25. The van der Waals surface area contributed by atoms with E-state index in [0.717, 1.165) is 17.3 Å². The zero-order chi connectivity index (χ0) is 14.0. The van der Waals surface area contributed by atoms with E-state index < -0.39 is 5.97 Å². The number of imidazole rings is 1. The quantitative estimate of drug-likeness (QED) is 0.679. The number of hydrogen-bond acceptors (Lipinski definition) is 4. The lowest BCUT2D eigenvalue weighted by Gasteiger charge is -2.06. The molecule has 0 bridgehead atoms. The number of rotatable bonds is 5. The molecule has 0 saturated heterocycles. The second kappa shape index (κ2) is 5.63. The lowest BCUT2D eigenvalue weighted by molar-refractivity contribution is -0.133. The van der Waals surface area contributed by atoms with Crippen LogP contribution in [-0.2, 0) is 11.3 Å². The molecule has 0 unspecified atom stereocenters. The van der Waals surface area contributed by atoms with Crippen molar-refractivity contribution in [3.8, 4) is 0 Å². The normalized spacial score (nSPS) is 10.8. The van der Waals surface area contributed by atoms with E-state index in [1.54, 1.807) is 12.3 Å². The minimum absolute atomic E-state index is 0.0484. The van der Waals surface area contributed by atoms with Gasteiger partial charge in [0.2, 0.25) is 0 Å². The van der Waals surface area contributed by atoms with Gasteiger partial charge in [-0.05, 0) is 13.0 Å². The van der Waals surface area contributed by atoms with E-state index >= 15 is 0 Å². The summed E-state index contributed by atoms with van der Waals surface area (Å²) in [5, 5.41) is 9.86. The van der Waals surface area contributed by atoms with Gasteiger partial charge in [0.15, 0.2) is 10.8 Å². The minimum atomic E-state index is -0.884. The van der Waals surface area contributed by atoms with E-state index in [2.05, 4.69) is 16.5 Å². The molecule has 0 saturated carbocycles. The third kappa shape index (κ3) is 3.27. The molecular formula is C12H12ClN3O2S. The first-order valence-electron chi connectivity index (χ1n) is 5.48. The lowest BCUT2D eigenvalue weighted by atomic mass is 10.3. The Morgan fingerprint density at radius 3 is 3.00 bits per heavy atom. The number of halogens is 1. The molecule has 0 aliphatic carbocycles. The van der Waals surface area contributed by atoms with Crippen LogP contribution in [0.1, 0.15) is 6.92 Å². The first-order chi connectivity index (χ1) is 8.97. The zero-order valence-corrected chi connectivity index (χ0v) is 11.8. The van der Waals surface area contributed by atoms with Gasteiger partial charge in [-0.2, -0.15) is 0 Å². The minimum Gasteiger partial charge on any atom is -0.481 e. The van der Waals surface area contributed by atoms with E-state index in [1.165, 1.54) is 0 Å². The summed E-state index contributed by atoms with van der Waals surface area (Å²) in [5.74, 6) is -0.933. The van der Waals surface area contributed by atoms with Gasteiger partial charge >= 0.3 is 5.97 Å². The molecule has 100 valence electrons. The van der Waals surface area contributed by atoms with Crippen LogP contribution < -0.4 is 0 Å². The van der Waals surface area contributed by atoms with Crippen LogP contribution in [0.25, 0.3) is 11.2 Å². The Morgan fingerprint density at radius 1 is 1.63 bits per heavy atom. The van der Waals surface area contributed by atoms with Crippen molar-refractivity contribution in [1.29, 1.82) is 0 Å². The second-order valence-corrected chi connectivity index (χ2v) is 5.50. The third-order valence-electron chi connectivity index (χ3n) is 2.27. The van der Waals surface area contributed by atoms with Crippen LogP contribution in [0, 0.1) is 0 Å². The largest absolute Gasteiger partial charge is 0.481 e. The van der Waals surface area contributed by atoms with Crippen molar-refractivity contribution in [2.75, 3.05) is 5.75 Å². The van der Waals surface area contributed by atoms with Crippen molar-refractivity contribution in [2.24, 2.45) is 0 Å². The van der Waals surface area contributed by atoms with Crippen LogP contribution in [-0.4, -0.2) is 31.4 Å². The van der Waals surface area contributed by atoms with Crippen molar-refractivity contribution in [2.45, 2.75) is 18.6 Å². The summed E-state index contributed by atoms with van der Waals surface area (Å²) in [7, 11) is 0. The summed E-state index contributed by atoms with van der Waals surface area (Å²) in [6, 6.07) is 1.71. The number of nitrogens with zero attached hydrogens (tertiary/aromatic N) is 3. The van der Waals surface area contributed by atoms with Gasteiger partial charge in [-0.25, -0.2) is 9.97 Å². The highest BCUT2D eigenvalue weighted by Gasteiger charge is 2.14. The van der Waals surface area contributed by atoms with Gasteiger partial charge in [-0.1, -0.05) is 35.5 Å². The van der Waals surface area contributed by atoms with Gasteiger partial charge in [0.05, 0.1) is 10.8 Å². The fourth-order valence-corrected chi connectivity index (χ4v) is 2.49. The highest BCUT2D eigenvalue weighted by molar-refractivity contribution is 7.99. The number of pyridine rings is 1. The monoisotopic (exact) mass is 297 g/mol. The van der Waals surface area contributed by atoms with Gasteiger partial charge in [0.25, 0.3) is 0 Å². The molecule has 0 aliphatic heterocycles. The van der Waals surface area contributed by atoms with E-state index in [-0.39, 0.29) is 5.75 Å². The molecule has 0 amide bonds. The van der Waals surface area contributed by atoms with Crippen LogP contribution in [0.2, 0.25) is 5.02 Å². The molecule has 0 aliphatic rings. The number of allylic oxidation sites excluding steroid dienone is 1. The van der Waals surface area contributed by atoms with Crippen LogP contribution in [0.5, 0.6) is 0 Å². The average molecular weight is 298 g/mol. The number of carboxylic acid groups (broad SMARTS) is 1. The maximum absolute atomic E-state index is 10.7. The summed E-state index contributed by atoms with van der Waals surface area (Å²) in [6.45, 7) is 6.31. The smallest absolute Gasteiger partial charge is 0.313 e. The Bertz CT molecular complexity index is 654. The van der Waals surface area contributed by atoms with Crippen LogP contribution in [0.3, 0.4) is 0 Å². The molecule has 2 rings (SSSR count). The Labute approximate surface area is 119 Å². The summed E-state index contributed by atoms with van der Waals surface area (Å²) in [5.41, 5.74) is 2.27. The molecule has 2 aromatic heterocycles. The molecule has 0 aromatic carbocycles. The van der Waals surface area contributed by atoms with Gasteiger partial charge in [-0.3, -0.25) is 9.36 Å². The Balaban J connectivity index is 2.47. The van der Waals surface area contributed by atoms with Gasteiger partial charge < -0.3 is 5.11 Å². The van der Waals surface area contributed by atoms with Crippen molar-refractivity contribution < 1.29 is 9.90 Å². The molecule has 19 heavy (non-hydrogen) atoms. The number of thioether (sulfide) groups is 1. The summed E-state index contributed by atoms with van der Waals surface area (Å²) in [4.78, 5) is 19.3. The van der Waals surface area contributed by atoms with Gasteiger partial charge in [0.1, 0.15) is 5.52 Å². The van der Waals surface area contributed by atoms with Gasteiger partial charge in [0, 0.05) is 12.7 Å².